The summed E-state index contributed by atoms with van der Waals surface area (Å²) in [6.45, 7) is 4.03. The highest BCUT2D eigenvalue weighted by molar-refractivity contribution is 5.15. The van der Waals surface area contributed by atoms with Gasteiger partial charge in [0.1, 0.15) is 24.4 Å². The second kappa shape index (κ2) is 15.0. The molecule has 5 unspecified atom stereocenters. The van der Waals surface area contributed by atoms with E-state index in [2.05, 4.69) is 6.92 Å². The van der Waals surface area contributed by atoms with Gasteiger partial charge in [-0.15, -0.1) is 0 Å². The summed E-state index contributed by atoms with van der Waals surface area (Å²) in [6, 6.07) is 29.9. The van der Waals surface area contributed by atoms with Gasteiger partial charge in [-0.2, -0.15) is 0 Å². The third kappa shape index (κ3) is 8.47. The van der Waals surface area contributed by atoms with Gasteiger partial charge in [0, 0.05) is 6.61 Å². The maximum absolute atomic E-state index is 11.3. The molecule has 1 fully saturated rings. The summed E-state index contributed by atoms with van der Waals surface area (Å²) in [4.78, 5) is 0. The molecule has 0 spiro atoms. The van der Waals surface area contributed by atoms with Crippen LogP contribution in [0.4, 0.5) is 0 Å². The summed E-state index contributed by atoms with van der Waals surface area (Å²) in [5.41, 5.74) is 3.13. The zero-order chi connectivity index (χ0) is 25.7. The Morgan fingerprint density at radius 2 is 1.19 bits per heavy atom. The summed E-state index contributed by atoms with van der Waals surface area (Å²) in [5, 5.41) is 11.3. The van der Waals surface area contributed by atoms with E-state index in [0.717, 1.165) is 29.5 Å². The number of unbranched alkanes of at least 4 members (excludes halogenated alkanes) is 1. The van der Waals surface area contributed by atoms with Gasteiger partial charge in [0.25, 0.3) is 0 Å². The molecule has 0 saturated carbocycles. The van der Waals surface area contributed by atoms with Crippen LogP contribution in [0, 0.1) is 0 Å². The van der Waals surface area contributed by atoms with Gasteiger partial charge in [-0.1, -0.05) is 104 Å². The first-order valence-corrected chi connectivity index (χ1v) is 13.1. The second-order valence-electron chi connectivity index (χ2n) is 9.28. The third-order valence-electron chi connectivity index (χ3n) is 6.36. The Bertz CT molecular complexity index is 1000. The van der Waals surface area contributed by atoms with E-state index in [-0.39, 0.29) is 6.61 Å². The lowest BCUT2D eigenvalue weighted by Crippen LogP contribution is -2.61. The number of hydrogen-bond donors (Lipinski definition) is 1. The molecule has 6 heteroatoms. The van der Waals surface area contributed by atoms with E-state index in [4.69, 9.17) is 23.7 Å². The molecule has 3 aromatic rings. The molecule has 3 aromatic carbocycles. The summed E-state index contributed by atoms with van der Waals surface area (Å²) in [6.07, 6.45) is -1.66. The molecule has 6 nitrogen and oxygen atoms in total. The molecule has 1 saturated heterocycles. The Labute approximate surface area is 220 Å². The van der Waals surface area contributed by atoms with Gasteiger partial charge in [-0.05, 0) is 23.1 Å². The Balaban J connectivity index is 1.50. The van der Waals surface area contributed by atoms with Crippen LogP contribution in [0.3, 0.4) is 0 Å². The zero-order valence-electron chi connectivity index (χ0n) is 21.5. The highest BCUT2D eigenvalue weighted by atomic mass is 16.7. The molecule has 1 aliphatic rings. The van der Waals surface area contributed by atoms with Crippen molar-refractivity contribution in [2.45, 2.75) is 70.3 Å². The molecule has 1 aliphatic heterocycles. The van der Waals surface area contributed by atoms with Crippen molar-refractivity contribution >= 4 is 0 Å². The van der Waals surface area contributed by atoms with Gasteiger partial charge in [-0.3, -0.25) is 0 Å². The average Bonchev–Trinajstić information content (AvgIpc) is 2.94. The van der Waals surface area contributed by atoms with E-state index >= 15 is 0 Å². The van der Waals surface area contributed by atoms with E-state index in [9.17, 15) is 5.11 Å². The molecule has 4 rings (SSSR count). The van der Waals surface area contributed by atoms with Crippen molar-refractivity contribution in [3.8, 4) is 0 Å². The summed E-state index contributed by atoms with van der Waals surface area (Å²) in [7, 11) is 0. The molecule has 0 radical (unpaired) electrons. The number of aliphatic hydroxyl groups excluding tert-OH is 1. The van der Waals surface area contributed by atoms with Crippen LogP contribution in [0.5, 0.6) is 0 Å². The Morgan fingerprint density at radius 1 is 0.676 bits per heavy atom. The van der Waals surface area contributed by atoms with Crippen LogP contribution in [0.2, 0.25) is 0 Å². The van der Waals surface area contributed by atoms with Crippen LogP contribution in [0.1, 0.15) is 36.5 Å². The number of rotatable bonds is 14. The highest BCUT2D eigenvalue weighted by Crippen LogP contribution is 2.29. The monoisotopic (exact) mass is 506 g/mol. The lowest BCUT2D eigenvalue weighted by molar-refractivity contribution is -0.319. The number of hydrogen-bond acceptors (Lipinski definition) is 6. The van der Waals surface area contributed by atoms with Crippen molar-refractivity contribution in [1.82, 2.24) is 0 Å². The minimum absolute atomic E-state index is 0.278. The lowest BCUT2D eigenvalue weighted by Gasteiger charge is -2.44. The molecule has 0 aliphatic carbocycles. The SMILES string of the molecule is CCCCOC1OC(COCc2ccccc2)C(OCc2ccccc2)C(OCc2ccccc2)C1O. The summed E-state index contributed by atoms with van der Waals surface area (Å²) in [5.74, 6) is 0. The molecule has 1 N–H and O–H groups in total. The zero-order valence-corrected chi connectivity index (χ0v) is 21.5. The van der Waals surface area contributed by atoms with Gasteiger partial charge < -0.3 is 28.8 Å². The first-order valence-electron chi connectivity index (χ1n) is 13.1. The molecule has 37 heavy (non-hydrogen) atoms. The number of aliphatic hydroxyl groups is 1. The van der Waals surface area contributed by atoms with Gasteiger partial charge >= 0.3 is 0 Å². The Morgan fingerprint density at radius 3 is 1.73 bits per heavy atom. The third-order valence-corrected chi connectivity index (χ3v) is 6.36. The summed E-state index contributed by atoms with van der Waals surface area (Å²) >= 11 is 0. The number of benzene rings is 3. The molecule has 5 atom stereocenters. The highest BCUT2D eigenvalue weighted by Gasteiger charge is 2.47. The Kier molecular flexibility index (Phi) is 11.1. The molecule has 0 amide bonds. The van der Waals surface area contributed by atoms with Crippen molar-refractivity contribution < 1.29 is 28.8 Å². The lowest BCUT2D eigenvalue weighted by atomic mass is 9.98. The Hall–Kier alpha value is -2.58. The number of ether oxygens (including phenoxy) is 5. The van der Waals surface area contributed by atoms with Gasteiger partial charge in [0.2, 0.25) is 0 Å². The van der Waals surface area contributed by atoms with Gasteiger partial charge in [0.05, 0.1) is 26.4 Å². The van der Waals surface area contributed by atoms with Gasteiger partial charge in [-0.25, -0.2) is 0 Å². The van der Waals surface area contributed by atoms with Crippen molar-refractivity contribution in [2.75, 3.05) is 13.2 Å². The largest absolute Gasteiger partial charge is 0.385 e. The summed E-state index contributed by atoms with van der Waals surface area (Å²) < 4.78 is 31.0. The molecular weight excluding hydrogens is 468 g/mol. The van der Waals surface area contributed by atoms with E-state index in [0.29, 0.717) is 26.4 Å². The molecular formula is C31H38O6. The standard InChI is InChI=1S/C31H38O6/c1-2-3-19-34-31-28(32)30(36-22-26-17-11-6-12-18-26)29(35-21-25-15-9-5-10-16-25)27(37-31)23-33-20-24-13-7-4-8-14-24/h4-18,27-32H,2-3,19-23H2,1H3. The first kappa shape index (κ1) is 27.5. The van der Waals surface area contributed by atoms with Crippen molar-refractivity contribution in [1.29, 1.82) is 0 Å². The van der Waals surface area contributed by atoms with Crippen molar-refractivity contribution in [2.24, 2.45) is 0 Å². The topological polar surface area (TPSA) is 66.4 Å². The van der Waals surface area contributed by atoms with Crippen LogP contribution in [-0.4, -0.2) is 49.0 Å². The quantitative estimate of drug-likeness (QED) is 0.300. The molecule has 0 aromatic heterocycles. The minimum atomic E-state index is -1.01. The molecule has 198 valence electrons. The fraction of sp³-hybridized carbons (Fsp3) is 0.419. The van der Waals surface area contributed by atoms with Crippen LogP contribution in [-0.2, 0) is 43.5 Å². The smallest absolute Gasteiger partial charge is 0.186 e. The van der Waals surface area contributed by atoms with E-state index in [1.54, 1.807) is 0 Å². The van der Waals surface area contributed by atoms with Crippen LogP contribution in [0.15, 0.2) is 91.0 Å². The maximum atomic E-state index is 11.3. The second-order valence-corrected chi connectivity index (χ2v) is 9.28. The van der Waals surface area contributed by atoms with Crippen molar-refractivity contribution in [3.63, 3.8) is 0 Å². The normalized spacial score (nSPS) is 23.7. The van der Waals surface area contributed by atoms with Crippen LogP contribution >= 0.6 is 0 Å². The fourth-order valence-electron chi connectivity index (χ4n) is 4.30. The van der Waals surface area contributed by atoms with E-state index in [1.807, 2.05) is 91.0 Å². The predicted molar refractivity (Wildman–Crippen MR) is 142 cm³/mol. The van der Waals surface area contributed by atoms with Crippen LogP contribution in [0.25, 0.3) is 0 Å². The average molecular weight is 507 g/mol. The maximum Gasteiger partial charge on any atom is 0.186 e. The van der Waals surface area contributed by atoms with E-state index < -0.39 is 30.7 Å². The van der Waals surface area contributed by atoms with E-state index in [1.165, 1.54) is 0 Å². The molecule has 1 heterocycles. The first-order chi connectivity index (χ1) is 18.2. The fourth-order valence-corrected chi connectivity index (χ4v) is 4.30. The predicted octanol–water partition coefficient (Wildman–Crippen LogP) is 5.28. The van der Waals surface area contributed by atoms with Crippen LogP contribution < -0.4 is 0 Å². The van der Waals surface area contributed by atoms with Gasteiger partial charge in [0.15, 0.2) is 6.29 Å². The minimum Gasteiger partial charge on any atom is -0.385 e. The molecule has 0 bridgehead atoms. The van der Waals surface area contributed by atoms with Crippen molar-refractivity contribution in [3.05, 3.63) is 108 Å².